The molecule has 25 heavy (non-hydrogen) atoms. The van der Waals surface area contributed by atoms with Crippen molar-refractivity contribution < 1.29 is 23.5 Å². The van der Waals surface area contributed by atoms with E-state index in [4.69, 9.17) is 23.5 Å². The molecule has 2 aliphatic heterocycles. The molecule has 2 aliphatic rings. The second-order valence-corrected chi connectivity index (χ2v) is 7.04. The summed E-state index contributed by atoms with van der Waals surface area (Å²) < 4.78 is 29.5. The Bertz CT molecular complexity index is 714. The number of fused-ring (bicyclic) bond motifs is 1. The molecule has 0 radical (unpaired) electrons. The molecule has 0 amide bonds. The molecule has 2 fully saturated rings. The van der Waals surface area contributed by atoms with Crippen molar-refractivity contribution in [3.05, 3.63) is 53.4 Å². The normalized spacial score (nSPS) is 30.5. The molecule has 6 nitrogen and oxygen atoms in total. The first-order valence-corrected chi connectivity index (χ1v) is 8.59. The monoisotopic (exact) mass is 345 g/mol. The minimum absolute atomic E-state index is 0.206. The maximum absolute atomic E-state index is 6.20. The molecule has 0 bridgehead atoms. The van der Waals surface area contributed by atoms with Crippen molar-refractivity contribution in [2.24, 2.45) is 0 Å². The van der Waals surface area contributed by atoms with Gasteiger partial charge in [0.1, 0.15) is 18.0 Å². The van der Waals surface area contributed by atoms with Gasteiger partial charge in [0.25, 0.3) is 0 Å². The molecule has 0 spiro atoms. The topological polar surface area (TPSA) is 63.0 Å². The lowest BCUT2D eigenvalue weighted by Gasteiger charge is -2.25. The zero-order chi connectivity index (χ0) is 17.4. The van der Waals surface area contributed by atoms with Crippen LogP contribution in [-0.2, 0) is 32.0 Å². The molecule has 3 heterocycles. The van der Waals surface area contributed by atoms with Crippen molar-refractivity contribution in [2.75, 3.05) is 0 Å². The average molecular weight is 345 g/mol. The van der Waals surface area contributed by atoms with Crippen LogP contribution in [0.25, 0.3) is 0 Å². The Labute approximate surface area is 147 Å². The first-order valence-electron chi connectivity index (χ1n) is 8.59. The van der Waals surface area contributed by atoms with Crippen molar-refractivity contribution in [1.29, 1.82) is 0 Å². The van der Waals surface area contributed by atoms with Crippen LogP contribution >= 0.6 is 0 Å². The summed E-state index contributed by atoms with van der Waals surface area (Å²) in [6.07, 6.45) is -0.558. The Balaban J connectivity index is 1.49. The van der Waals surface area contributed by atoms with E-state index in [0.717, 1.165) is 17.0 Å². The van der Waals surface area contributed by atoms with Crippen molar-refractivity contribution in [2.45, 2.75) is 64.2 Å². The van der Waals surface area contributed by atoms with E-state index in [9.17, 15) is 0 Å². The molecule has 0 aliphatic carbocycles. The Hall–Kier alpha value is -1.73. The van der Waals surface area contributed by atoms with Gasteiger partial charge in [-0.05, 0) is 26.3 Å². The zero-order valence-corrected chi connectivity index (χ0v) is 14.7. The molecule has 0 N–H and O–H groups in total. The van der Waals surface area contributed by atoms with E-state index in [0.29, 0.717) is 13.0 Å². The van der Waals surface area contributed by atoms with Crippen molar-refractivity contribution in [1.82, 2.24) is 5.16 Å². The highest BCUT2D eigenvalue weighted by molar-refractivity contribution is 5.14. The molecule has 2 saturated heterocycles. The van der Waals surface area contributed by atoms with Crippen LogP contribution in [0.2, 0.25) is 0 Å². The molecule has 6 heteroatoms. The van der Waals surface area contributed by atoms with E-state index < -0.39 is 12.1 Å². The van der Waals surface area contributed by atoms with Crippen molar-refractivity contribution >= 4 is 0 Å². The zero-order valence-electron chi connectivity index (χ0n) is 14.7. The number of aromatic nitrogens is 1. The number of ether oxygens (including phenoxy) is 4. The second kappa shape index (κ2) is 6.53. The average Bonchev–Trinajstić information content (AvgIpc) is 3.19. The van der Waals surface area contributed by atoms with Gasteiger partial charge >= 0.3 is 0 Å². The second-order valence-electron chi connectivity index (χ2n) is 7.04. The van der Waals surface area contributed by atoms with Gasteiger partial charge in [0.15, 0.2) is 12.1 Å². The summed E-state index contributed by atoms with van der Waals surface area (Å²) in [5, 5.41) is 3.94. The van der Waals surface area contributed by atoms with Gasteiger partial charge in [0, 0.05) is 12.5 Å². The van der Waals surface area contributed by atoms with E-state index in [1.54, 1.807) is 0 Å². The van der Waals surface area contributed by atoms with Gasteiger partial charge in [0.05, 0.1) is 18.4 Å². The molecule has 1 aromatic carbocycles. The number of hydrogen-bond acceptors (Lipinski definition) is 6. The molecule has 4 atom stereocenters. The fraction of sp³-hybridized carbons (Fsp3) is 0.526. The van der Waals surface area contributed by atoms with Crippen LogP contribution < -0.4 is 0 Å². The minimum atomic E-state index is -0.669. The van der Waals surface area contributed by atoms with Gasteiger partial charge in [-0.2, -0.15) is 0 Å². The highest BCUT2D eigenvalue weighted by Crippen LogP contribution is 2.39. The fourth-order valence-corrected chi connectivity index (χ4v) is 3.39. The summed E-state index contributed by atoms with van der Waals surface area (Å²) in [6, 6.07) is 12.0. The van der Waals surface area contributed by atoms with E-state index >= 15 is 0 Å². The lowest BCUT2D eigenvalue weighted by atomic mass is 10.1. The van der Waals surface area contributed by atoms with Gasteiger partial charge in [-0.1, -0.05) is 35.5 Å². The lowest BCUT2D eigenvalue weighted by Crippen LogP contribution is -2.37. The van der Waals surface area contributed by atoms with Gasteiger partial charge in [-0.3, -0.25) is 0 Å². The SMILES string of the molecule is Cc1cc(C[C@H]2O[C@@H]3OC(C)(C)O[C@@H]3[C@H]2OCc2ccccc2)on1. The number of nitrogens with zero attached hydrogens (tertiary/aromatic N) is 1. The standard InChI is InChI=1S/C19H23NO5/c1-12-9-14(25-20-12)10-15-16(21-11-13-7-5-4-6-8-13)17-18(22-15)24-19(2,3)23-17/h4-9,15-18H,10-11H2,1-3H3/t15-,16+,17-,18-/m1/s1. The summed E-state index contributed by atoms with van der Waals surface area (Å²) in [5.74, 6) is 0.104. The molecule has 0 unspecified atom stereocenters. The fourth-order valence-electron chi connectivity index (χ4n) is 3.39. The van der Waals surface area contributed by atoms with Gasteiger partial charge in [-0.15, -0.1) is 0 Å². The largest absolute Gasteiger partial charge is 0.368 e. The molecular weight excluding hydrogens is 322 g/mol. The van der Waals surface area contributed by atoms with Crippen LogP contribution in [0, 0.1) is 6.92 Å². The highest BCUT2D eigenvalue weighted by atomic mass is 16.8. The summed E-state index contributed by atoms with van der Waals surface area (Å²) in [4.78, 5) is 0. The Morgan fingerprint density at radius 1 is 1.16 bits per heavy atom. The first kappa shape index (κ1) is 16.7. The van der Waals surface area contributed by atoms with Gasteiger partial charge in [0.2, 0.25) is 0 Å². The molecule has 1 aromatic heterocycles. The Kier molecular flexibility index (Phi) is 4.37. The highest BCUT2D eigenvalue weighted by Gasteiger charge is 2.55. The van der Waals surface area contributed by atoms with E-state index in [-0.39, 0.29) is 18.3 Å². The molecule has 0 saturated carbocycles. The quantitative estimate of drug-likeness (QED) is 0.830. The molecule has 134 valence electrons. The Morgan fingerprint density at radius 2 is 1.96 bits per heavy atom. The van der Waals surface area contributed by atoms with Crippen molar-refractivity contribution in [3.63, 3.8) is 0 Å². The first-order chi connectivity index (χ1) is 12.0. The van der Waals surface area contributed by atoms with Crippen molar-refractivity contribution in [3.8, 4) is 0 Å². The van der Waals surface area contributed by atoms with Crippen LogP contribution in [-0.4, -0.2) is 35.5 Å². The van der Waals surface area contributed by atoms with E-state index in [1.807, 2.05) is 57.2 Å². The summed E-state index contributed by atoms with van der Waals surface area (Å²) in [5.41, 5.74) is 1.96. The predicted octanol–water partition coefficient (Wildman–Crippen LogP) is 2.99. The Morgan fingerprint density at radius 3 is 2.68 bits per heavy atom. The molecule has 4 rings (SSSR count). The molecule has 2 aromatic rings. The predicted molar refractivity (Wildman–Crippen MR) is 88.7 cm³/mol. The van der Waals surface area contributed by atoms with E-state index in [2.05, 4.69) is 5.16 Å². The van der Waals surface area contributed by atoms with Crippen LogP contribution in [0.4, 0.5) is 0 Å². The van der Waals surface area contributed by atoms with Crippen LogP contribution in [0.1, 0.15) is 30.9 Å². The van der Waals surface area contributed by atoms with Crippen LogP contribution in [0.3, 0.4) is 0 Å². The lowest BCUT2D eigenvalue weighted by molar-refractivity contribution is -0.219. The number of aryl methyl sites for hydroxylation is 1. The van der Waals surface area contributed by atoms with E-state index in [1.165, 1.54) is 0 Å². The third-order valence-electron chi connectivity index (χ3n) is 4.45. The third-order valence-corrected chi connectivity index (χ3v) is 4.45. The smallest absolute Gasteiger partial charge is 0.190 e. The number of hydrogen-bond donors (Lipinski definition) is 0. The van der Waals surface area contributed by atoms with Crippen LogP contribution in [0.15, 0.2) is 40.9 Å². The van der Waals surface area contributed by atoms with Gasteiger partial charge in [-0.25, -0.2) is 0 Å². The third kappa shape index (κ3) is 3.62. The maximum Gasteiger partial charge on any atom is 0.190 e. The summed E-state index contributed by atoms with van der Waals surface area (Å²) in [7, 11) is 0. The summed E-state index contributed by atoms with van der Waals surface area (Å²) >= 11 is 0. The summed E-state index contributed by atoms with van der Waals surface area (Å²) in [6.45, 7) is 6.17. The maximum atomic E-state index is 6.20. The number of benzene rings is 1. The minimum Gasteiger partial charge on any atom is -0.368 e. The van der Waals surface area contributed by atoms with Crippen LogP contribution in [0.5, 0.6) is 0 Å². The molecular formula is C19H23NO5. The van der Waals surface area contributed by atoms with Gasteiger partial charge < -0.3 is 23.5 Å². The number of rotatable bonds is 5.